The molecule has 100 heavy (non-hydrogen) atoms. The highest BCUT2D eigenvalue weighted by Gasteiger charge is 2.28. The number of carbonyl (C=O) groups is 8. The van der Waals surface area contributed by atoms with Gasteiger partial charge < -0.3 is 100 Å². The molecule has 0 saturated heterocycles. The minimum atomic E-state index is -1.18. The number of carboxylic acids is 2. The zero-order chi connectivity index (χ0) is 72.2. The standard InChI is InChI=1S/C66H92Cl4N10O20/c67-49-37-47(38-50(68)41-49)53(43-61(83)84)79-63(87)55(77-59(81)13-3-7-17-73-57-11-1-5-15-71-57)45-97-31-29-93-23-21-91-25-27-95-33-35-99-65(89)75-19-9-10-20-76-66(90)100-36-34-96-28-26-92-22-24-94-30-32-98-46-56(78-60(82)14-4-8-18-74-58-12-2-6-16-72-58)64(88)80-54(44-62(85)86)48-39-51(69)42-52(70)40-48/h1-2,5-6,11-12,15-16,37-42,53-56H,3-4,7-10,13-14,17-36,43-46H2,(H,71,73)(H,72,74)(H,75,89)(H,76,90)(H,77,81)(H,78,82)(H,79,87)(H,80,88)(H,83,84)(H,85,86). The third kappa shape index (κ3) is 42.0. The van der Waals surface area contributed by atoms with Crippen LogP contribution in [0.4, 0.5) is 21.2 Å². The fourth-order valence-electron chi connectivity index (χ4n) is 8.88. The quantitative estimate of drug-likeness (QED) is 0.0200. The highest BCUT2D eigenvalue weighted by Crippen LogP contribution is 2.27. The lowest BCUT2D eigenvalue weighted by Gasteiger charge is -2.23. The molecule has 2 aromatic heterocycles. The van der Waals surface area contributed by atoms with E-state index in [0.29, 0.717) is 87.5 Å². The first-order chi connectivity index (χ1) is 48.4. The molecular formula is C66H92Cl4N10O20. The third-order valence-corrected chi connectivity index (χ3v) is 14.6. The van der Waals surface area contributed by atoms with Crippen LogP contribution < -0.4 is 42.5 Å². The minimum absolute atomic E-state index is 0.0174. The number of carbonyl (C=O) groups excluding carboxylic acids is 6. The number of aromatic nitrogens is 2. The predicted molar refractivity (Wildman–Crippen MR) is 371 cm³/mol. The molecule has 34 heteroatoms. The second-order valence-electron chi connectivity index (χ2n) is 21.8. The highest BCUT2D eigenvalue weighted by molar-refractivity contribution is 6.35. The van der Waals surface area contributed by atoms with Gasteiger partial charge in [0.15, 0.2) is 0 Å². The zero-order valence-corrected chi connectivity index (χ0v) is 58.7. The van der Waals surface area contributed by atoms with Crippen LogP contribution in [0.5, 0.6) is 0 Å². The Labute approximate surface area is 601 Å². The van der Waals surface area contributed by atoms with Gasteiger partial charge in [-0.25, -0.2) is 19.6 Å². The lowest BCUT2D eigenvalue weighted by molar-refractivity contribution is -0.139. The van der Waals surface area contributed by atoms with Crippen LogP contribution in [0, 0.1) is 0 Å². The summed E-state index contributed by atoms with van der Waals surface area (Å²) in [6.07, 6.45) is 4.91. The number of amides is 6. The Bertz CT molecular complexity index is 2780. The number of rotatable bonds is 57. The monoisotopic (exact) mass is 1480 g/mol. The molecule has 0 bridgehead atoms. The molecule has 2 aromatic carbocycles. The van der Waals surface area contributed by atoms with E-state index < -0.39 is 84.8 Å². The van der Waals surface area contributed by atoms with E-state index in [1.807, 2.05) is 36.4 Å². The molecule has 554 valence electrons. The predicted octanol–water partition coefficient (Wildman–Crippen LogP) is 6.95. The van der Waals surface area contributed by atoms with Crippen molar-refractivity contribution in [2.45, 2.75) is 88.4 Å². The summed E-state index contributed by atoms with van der Waals surface area (Å²) in [5.74, 6) is -3.04. The molecule has 10 N–H and O–H groups in total. The van der Waals surface area contributed by atoms with Crippen molar-refractivity contribution in [3.63, 3.8) is 0 Å². The van der Waals surface area contributed by atoms with Crippen LogP contribution in [0.1, 0.15) is 87.4 Å². The van der Waals surface area contributed by atoms with Gasteiger partial charge in [-0.15, -0.1) is 0 Å². The number of nitrogens with one attached hydrogen (secondary N) is 8. The van der Waals surface area contributed by atoms with Gasteiger partial charge in [-0.05, 0) is 110 Å². The largest absolute Gasteiger partial charge is 0.481 e. The molecule has 0 saturated carbocycles. The van der Waals surface area contributed by atoms with E-state index in [1.54, 1.807) is 12.4 Å². The summed E-state index contributed by atoms with van der Waals surface area (Å²) in [4.78, 5) is 109. The minimum Gasteiger partial charge on any atom is -0.481 e. The molecule has 0 fully saturated rings. The summed E-state index contributed by atoms with van der Waals surface area (Å²) in [5, 5.41) is 42.6. The number of nitrogens with zero attached hydrogens (tertiary/aromatic N) is 2. The summed E-state index contributed by atoms with van der Waals surface area (Å²) in [5.41, 5.74) is 0.746. The molecular weight excluding hydrogens is 1390 g/mol. The maximum atomic E-state index is 13.6. The SMILES string of the molecule is O=C(O)CC(NC(=O)C(COCCOCCOCCOCCOC(=O)NCCCCNC(=O)OCCOCCOCCOCCOCC(NC(=O)CCCCNc1ccccn1)C(=O)NC(CC(=O)O)c1cc(Cl)cc(Cl)c1)NC(=O)CCCCNc1ccccn1)c1cc(Cl)cc(Cl)c1. The second-order valence-corrected chi connectivity index (χ2v) is 23.6. The number of hydrogen-bond donors (Lipinski definition) is 10. The first-order valence-corrected chi connectivity index (χ1v) is 34.2. The Morgan fingerprint density at radius 1 is 0.390 bits per heavy atom. The fraction of sp³-hybridized carbons (Fsp3) is 0.545. The van der Waals surface area contributed by atoms with Crippen LogP contribution in [-0.4, -0.2) is 225 Å². The average Bonchev–Trinajstić information content (AvgIpc) is 0.862. The molecule has 2 heterocycles. The zero-order valence-electron chi connectivity index (χ0n) is 55.7. The van der Waals surface area contributed by atoms with Gasteiger partial charge in [-0.2, -0.15) is 0 Å². The number of anilines is 2. The molecule has 0 aliphatic heterocycles. The first-order valence-electron chi connectivity index (χ1n) is 32.7. The van der Waals surface area contributed by atoms with Crippen molar-refractivity contribution in [3.05, 3.63) is 116 Å². The Hall–Kier alpha value is -7.46. The molecule has 0 aliphatic carbocycles. The van der Waals surface area contributed by atoms with E-state index >= 15 is 0 Å². The lowest BCUT2D eigenvalue weighted by atomic mass is 10.0. The first kappa shape index (κ1) is 85.0. The summed E-state index contributed by atoms with van der Waals surface area (Å²) in [7, 11) is 0. The van der Waals surface area contributed by atoms with Gasteiger partial charge in [0.2, 0.25) is 23.6 Å². The Kier molecular flexibility index (Phi) is 45.4. The van der Waals surface area contributed by atoms with Gasteiger partial charge in [0.25, 0.3) is 0 Å². The number of benzene rings is 2. The number of hydrogen-bond acceptors (Lipinski definition) is 22. The molecule has 4 unspecified atom stereocenters. The van der Waals surface area contributed by atoms with Crippen LogP contribution in [-0.2, 0) is 76.1 Å². The fourth-order valence-corrected chi connectivity index (χ4v) is 9.97. The van der Waals surface area contributed by atoms with E-state index in [4.69, 9.17) is 93.8 Å². The van der Waals surface area contributed by atoms with Gasteiger partial charge in [-0.1, -0.05) is 58.5 Å². The van der Waals surface area contributed by atoms with Crippen LogP contribution in [0.15, 0.2) is 85.2 Å². The summed E-state index contributed by atoms with van der Waals surface area (Å²) >= 11 is 24.7. The number of halogens is 4. The van der Waals surface area contributed by atoms with E-state index in [9.17, 15) is 48.6 Å². The van der Waals surface area contributed by atoms with Crippen LogP contribution in [0.2, 0.25) is 20.1 Å². The molecule has 4 aromatic rings. The highest BCUT2D eigenvalue weighted by atomic mass is 35.5. The summed E-state index contributed by atoms with van der Waals surface area (Å²) in [6.45, 7) is 4.04. The summed E-state index contributed by atoms with van der Waals surface area (Å²) < 4.78 is 54.7. The van der Waals surface area contributed by atoms with E-state index in [1.165, 1.54) is 36.4 Å². The molecule has 4 atom stereocenters. The topological polar surface area (TPSA) is 391 Å². The van der Waals surface area contributed by atoms with Gasteiger partial charge in [0, 0.05) is 71.5 Å². The van der Waals surface area contributed by atoms with E-state index in [-0.39, 0.29) is 152 Å². The molecule has 6 amide bonds. The van der Waals surface area contributed by atoms with E-state index in [0.717, 1.165) is 0 Å². The van der Waals surface area contributed by atoms with Crippen LogP contribution >= 0.6 is 46.4 Å². The molecule has 0 aliphatic rings. The maximum absolute atomic E-state index is 13.6. The average molecular weight is 1490 g/mol. The number of pyridine rings is 2. The smallest absolute Gasteiger partial charge is 0.407 e. The van der Waals surface area contributed by atoms with Crippen molar-refractivity contribution in [2.75, 3.05) is 156 Å². The Morgan fingerprint density at radius 3 is 1.03 bits per heavy atom. The van der Waals surface area contributed by atoms with Gasteiger partial charge >= 0.3 is 24.1 Å². The normalized spacial score (nSPS) is 12.2. The lowest BCUT2D eigenvalue weighted by Crippen LogP contribution is -2.50. The number of ether oxygens (including phenoxy) is 10. The van der Waals surface area contributed by atoms with Gasteiger partial charge in [0.1, 0.15) is 36.9 Å². The van der Waals surface area contributed by atoms with Crippen molar-refractivity contribution in [1.82, 2.24) is 41.9 Å². The number of aliphatic carboxylic acids is 2. The third-order valence-electron chi connectivity index (χ3n) is 13.7. The van der Waals surface area contributed by atoms with Crippen molar-refractivity contribution >= 4 is 106 Å². The van der Waals surface area contributed by atoms with Crippen molar-refractivity contribution < 1.29 is 95.9 Å². The second kappa shape index (κ2) is 53.4. The Morgan fingerprint density at radius 2 is 0.710 bits per heavy atom. The number of alkyl carbamates (subject to hydrolysis) is 2. The van der Waals surface area contributed by atoms with Crippen molar-refractivity contribution in [2.24, 2.45) is 0 Å². The van der Waals surface area contributed by atoms with E-state index in [2.05, 4.69) is 52.5 Å². The van der Waals surface area contributed by atoms with Gasteiger partial charge in [-0.3, -0.25) is 28.8 Å². The van der Waals surface area contributed by atoms with Crippen LogP contribution in [0.25, 0.3) is 0 Å². The molecule has 4 rings (SSSR count). The van der Waals surface area contributed by atoms with Crippen molar-refractivity contribution in [3.8, 4) is 0 Å². The number of carboxylic acid groups (broad SMARTS) is 2. The van der Waals surface area contributed by atoms with Gasteiger partial charge in [0.05, 0.1) is 131 Å². The summed E-state index contributed by atoms with van der Waals surface area (Å²) in [6, 6.07) is 15.6. The number of unbranched alkanes of at least 4 members (excludes halogenated alkanes) is 3. The molecule has 0 radical (unpaired) electrons. The maximum Gasteiger partial charge on any atom is 0.407 e. The Balaban J connectivity index is 0.942. The molecule has 0 spiro atoms. The van der Waals surface area contributed by atoms with Crippen LogP contribution in [0.3, 0.4) is 0 Å². The van der Waals surface area contributed by atoms with Crippen molar-refractivity contribution in [1.29, 1.82) is 0 Å². The molecule has 30 nitrogen and oxygen atoms in total.